The molecule has 1 aliphatic heterocycles. The van der Waals surface area contributed by atoms with E-state index in [0.717, 1.165) is 5.76 Å². The largest absolute Gasteiger partial charge is 0.481 e. The van der Waals surface area contributed by atoms with E-state index in [-0.39, 0.29) is 17.8 Å². The van der Waals surface area contributed by atoms with Crippen LogP contribution in [0.25, 0.3) is 0 Å². The van der Waals surface area contributed by atoms with Crippen LogP contribution in [-0.2, 0) is 14.9 Å². The van der Waals surface area contributed by atoms with Crippen LogP contribution in [0, 0.1) is 5.92 Å². The molecule has 0 saturated carbocycles. The van der Waals surface area contributed by atoms with Gasteiger partial charge in [0, 0.05) is 6.42 Å². The summed E-state index contributed by atoms with van der Waals surface area (Å²) in [4.78, 5) is 10.7. The maximum atomic E-state index is 10.7. The maximum absolute atomic E-state index is 10.7. The zero-order valence-electron chi connectivity index (χ0n) is 8.60. The van der Waals surface area contributed by atoms with E-state index in [9.17, 15) is 4.79 Å². The molecule has 0 aromatic carbocycles. The first-order valence-electron chi connectivity index (χ1n) is 4.99. The van der Waals surface area contributed by atoms with E-state index in [1.54, 1.807) is 6.26 Å². The maximum Gasteiger partial charge on any atom is 0.303 e. The highest BCUT2D eigenvalue weighted by Crippen LogP contribution is 2.41. The Morgan fingerprint density at radius 2 is 2.40 bits per heavy atom. The summed E-state index contributed by atoms with van der Waals surface area (Å²) in [7, 11) is 0. The van der Waals surface area contributed by atoms with Gasteiger partial charge in [0.1, 0.15) is 5.76 Å². The smallest absolute Gasteiger partial charge is 0.303 e. The minimum Gasteiger partial charge on any atom is -0.481 e. The second-order valence-corrected chi connectivity index (χ2v) is 4.13. The minimum atomic E-state index is -0.777. The quantitative estimate of drug-likeness (QED) is 0.821. The molecular formula is C11H14O4. The third-order valence-electron chi connectivity index (χ3n) is 3.16. The van der Waals surface area contributed by atoms with Crippen molar-refractivity contribution in [2.24, 2.45) is 5.92 Å². The summed E-state index contributed by atoms with van der Waals surface area (Å²) in [6.07, 6.45) is 1.76. The molecule has 82 valence electrons. The lowest BCUT2D eigenvalue weighted by Crippen LogP contribution is -2.51. The molecule has 1 unspecified atom stereocenters. The van der Waals surface area contributed by atoms with Gasteiger partial charge in [0.05, 0.1) is 24.9 Å². The van der Waals surface area contributed by atoms with Crippen molar-refractivity contribution in [3.63, 3.8) is 0 Å². The third-order valence-corrected chi connectivity index (χ3v) is 3.16. The van der Waals surface area contributed by atoms with E-state index in [1.807, 2.05) is 19.1 Å². The molecule has 2 heterocycles. The number of hydrogen-bond donors (Lipinski definition) is 1. The average molecular weight is 210 g/mol. The number of carboxylic acid groups (broad SMARTS) is 1. The van der Waals surface area contributed by atoms with Gasteiger partial charge < -0.3 is 14.3 Å². The molecule has 1 aromatic heterocycles. The van der Waals surface area contributed by atoms with Crippen LogP contribution in [0.2, 0.25) is 0 Å². The summed E-state index contributed by atoms with van der Waals surface area (Å²) >= 11 is 0. The van der Waals surface area contributed by atoms with Crippen molar-refractivity contribution in [1.82, 2.24) is 0 Å². The first kappa shape index (κ1) is 10.2. The molecule has 15 heavy (non-hydrogen) atoms. The number of rotatable bonds is 4. The van der Waals surface area contributed by atoms with E-state index in [0.29, 0.717) is 13.2 Å². The van der Waals surface area contributed by atoms with Gasteiger partial charge in [-0.2, -0.15) is 0 Å². The predicted octanol–water partition coefficient (Wildman–Crippen LogP) is 1.66. The molecule has 1 aliphatic rings. The molecule has 0 spiro atoms. The summed E-state index contributed by atoms with van der Waals surface area (Å²) < 4.78 is 10.6. The highest BCUT2D eigenvalue weighted by molar-refractivity contribution is 5.67. The molecule has 1 atom stereocenters. The Kier molecular flexibility index (Phi) is 2.52. The lowest BCUT2D eigenvalue weighted by Gasteiger charge is -2.43. The topological polar surface area (TPSA) is 59.7 Å². The number of carboxylic acids is 1. The second kappa shape index (κ2) is 3.70. The molecule has 0 bridgehead atoms. The number of ether oxygens (including phenoxy) is 1. The first-order valence-corrected chi connectivity index (χ1v) is 4.99. The number of hydrogen-bond acceptors (Lipinski definition) is 3. The Balaban J connectivity index is 2.18. The number of furan rings is 1. The summed E-state index contributed by atoms with van der Waals surface area (Å²) in [6.45, 7) is 3.03. The summed E-state index contributed by atoms with van der Waals surface area (Å²) in [5.74, 6) is 0.0812. The lowest BCUT2D eigenvalue weighted by atomic mass is 9.71. The van der Waals surface area contributed by atoms with Crippen molar-refractivity contribution in [2.75, 3.05) is 13.2 Å². The van der Waals surface area contributed by atoms with Crippen molar-refractivity contribution in [1.29, 1.82) is 0 Å². The van der Waals surface area contributed by atoms with Crippen LogP contribution in [0.4, 0.5) is 0 Å². The molecular weight excluding hydrogens is 196 g/mol. The SMILES string of the molecule is CC(CC(=O)O)C1(c2ccco2)COC1. The van der Waals surface area contributed by atoms with Crippen molar-refractivity contribution in [2.45, 2.75) is 18.8 Å². The minimum absolute atomic E-state index is 0.0231. The molecule has 2 rings (SSSR count). The fourth-order valence-corrected chi connectivity index (χ4v) is 2.01. The van der Waals surface area contributed by atoms with Gasteiger partial charge in [0.2, 0.25) is 0 Å². The van der Waals surface area contributed by atoms with Gasteiger partial charge in [-0.15, -0.1) is 0 Å². The zero-order valence-corrected chi connectivity index (χ0v) is 8.60. The third kappa shape index (κ3) is 1.65. The monoisotopic (exact) mass is 210 g/mol. The van der Waals surface area contributed by atoms with Crippen LogP contribution in [0.15, 0.2) is 22.8 Å². The molecule has 1 N–H and O–H groups in total. The Hall–Kier alpha value is -1.29. The Labute approximate surface area is 87.8 Å². The van der Waals surface area contributed by atoms with Crippen LogP contribution in [-0.4, -0.2) is 24.3 Å². The molecule has 1 aromatic rings. The molecule has 0 amide bonds. The van der Waals surface area contributed by atoms with Crippen molar-refractivity contribution >= 4 is 5.97 Å². The normalized spacial score (nSPS) is 20.6. The number of carbonyl (C=O) groups is 1. The molecule has 4 heteroatoms. The van der Waals surface area contributed by atoms with Crippen LogP contribution >= 0.6 is 0 Å². The van der Waals surface area contributed by atoms with E-state index in [2.05, 4.69) is 0 Å². The van der Waals surface area contributed by atoms with Gasteiger partial charge in [0.25, 0.3) is 0 Å². The van der Waals surface area contributed by atoms with E-state index in [4.69, 9.17) is 14.3 Å². The fraction of sp³-hybridized carbons (Fsp3) is 0.545. The second-order valence-electron chi connectivity index (χ2n) is 4.13. The standard InChI is InChI=1S/C11H14O4/c1-8(5-10(12)13)11(6-14-7-11)9-3-2-4-15-9/h2-4,8H,5-7H2,1H3,(H,12,13). The van der Waals surface area contributed by atoms with Crippen molar-refractivity contribution in [3.8, 4) is 0 Å². The Morgan fingerprint density at radius 3 is 2.80 bits per heavy atom. The molecule has 0 aliphatic carbocycles. The summed E-state index contributed by atoms with van der Waals surface area (Å²) in [5.41, 5.74) is -0.234. The summed E-state index contributed by atoms with van der Waals surface area (Å²) in [5, 5.41) is 8.79. The summed E-state index contributed by atoms with van der Waals surface area (Å²) in [6, 6.07) is 3.71. The zero-order chi connectivity index (χ0) is 10.9. The highest BCUT2D eigenvalue weighted by atomic mass is 16.5. The molecule has 1 fully saturated rings. The fourth-order valence-electron chi connectivity index (χ4n) is 2.01. The lowest BCUT2D eigenvalue weighted by molar-refractivity contribution is -0.143. The van der Waals surface area contributed by atoms with E-state index < -0.39 is 5.97 Å². The van der Waals surface area contributed by atoms with Gasteiger partial charge >= 0.3 is 5.97 Å². The highest BCUT2D eigenvalue weighted by Gasteiger charge is 2.47. The van der Waals surface area contributed by atoms with Crippen molar-refractivity contribution < 1.29 is 19.1 Å². The first-order chi connectivity index (χ1) is 7.15. The van der Waals surface area contributed by atoms with Gasteiger partial charge in [-0.1, -0.05) is 6.92 Å². The number of aliphatic carboxylic acids is 1. The van der Waals surface area contributed by atoms with Crippen LogP contribution < -0.4 is 0 Å². The van der Waals surface area contributed by atoms with Gasteiger partial charge in [0.15, 0.2) is 0 Å². The molecule has 1 saturated heterocycles. The Bertz CT molecular complexity index is 337. The predicted molar refractivity (Wildman–Crippen MR) is 52.6 cm³/mol. The van der Waals surface area contributed by atoms with Gasteiger partial charge in [-0.05, 0) is 18.1 Å². The van der Waals surface area contributed by atoms with E-state index >= 15 is 0 Å². The van der Waals surface area contributed by atoms with Gasteiger partial charge in [-0.3, -0.25) is 4.79 Å². The molecule has 4 nitrogen and oxygen atoms in total. The van der Waals surface area contributed by atoms with Gasteiger partial charge in [-0.25, -0.2) is 0 Å². The van der Waals surface area contributed by atoms with E-state index in [1.165, 1.54) is 0 Å². The van der Waals surface area contributed by atoms with Crippen molar-refractivity contribution in [3.05, 3.63) is 24.2 Å². The Morgan fingerprint density at radius 1 is 1.67 bits per heavy atom. The molecule has 0 radical (unpaired) electrons. The van der Waals surface area contributed by atoms with Crippen LogP contribution in [0.3, 0.4) is 0 Å². The average Bonchev–Trinajstić information content (AvgIpc) is 2.53. The van der Waals surface area contributed by atoms with Crippen LogP contribution in [0.5, 0.6) is 0 Å². The van der Waals surface area contributed by atoms with Crippen LogP contribution in [0.1, 0.15) is 19.1 Å².